The van der Waals surface area contributed by atoms with Crippen molar-refractivity contribution in [3.8, 4) is 5.75 Å². The topological polar surface area (TPSA) is 62.1 Å². The van der Waals surface area contributed by atoms with Crippen molar-refractivity contribution in [1.29, 1.82) is 0 Å². The molecule has 0 fully saturated rings. The van der Waals surface area contributed by atoms with Crippen LogP contribution in [0, 0.1) is 20.8 Å². The number of aliphatic hydroxyl groups is 1. The number of nitrogens with zero attached hydrogens (tertiary/aromatic N) is 2. The Morgan fingerprint density at radius 1 is 1.10 bits per heavy atom. The van der Waals surface area contributed by atoms with Crippen LogP contribution >= 0.6 is 0 Å². The number of ether oxygens (including phenoxy) is 1. The van der Waals surface area contributed by atoms with Crippen molar-refractivity contribution in [2.24, 2.45) is 5.10 Å². The third kappa shape index (κ3) is 4.27. The Hall–Kier alpha value is -2.87. The molecule has 29 heavy (non-hydrogen) atoms. The number of rotatable bonds is 4. The minimum Gasteiger partial charge on any atom is -0.484 e. The van der Waals surface area contributed by atoms with Gasteiger partial charge in [-0.15, -0.1) is 0 Å². The first kappa shape index (κ1) is 20.9. The highest BCUT2D eigenvalue weighted by Gasteiger charge is 2.63. The number of hydrazone groups is 1. The number of carbonyl (C=O) groups excluding carboxylic acids is 1. The van der Waals surface area contributed by atoms with Gasteiger partial charge in [0.25, 0.3) is 11.6 Å². The van der Waals surface area contributed by atoms with Crippen molar-refractivity contribution >= 4 is 11.6 Å². The van der Waals surface area contributed by atoms with Crippen molar-refractivity contribution in [2.75, 3.05) is 6.61 Å². The van der Waals surface area contributed by atoms with E-state index in [1.807, 2.05) is 26.8 Å². The van der Waals surface area contributed by atoms with Crippen molar-refractivity contribution in [3.05, 3.63) is 64.7 Å². The highest BCUT2D eigenvalue weighted by molar-refractivity contribution is 6.03. The number of benzene rings is 2. The van der Waals surface area contributed by atoms with Gasteiger partial charge in [0.2, 0.25) is 0 Å². The molecular weight excluding hydrogens is 385 g/mol. The lowest BCUT2D eigenvalue weighted by molar-refractivity contribution is -0.302. The standard InChI is InChI=1S/C21H21F3N2O3/c1-13-4-6-16(7-5-13)18-11-20(28,21(22,23)24)26(25-18)19(27)12-29-17-9-14(2)8-15(3)10-17/h4-10,28H,11-12H2,1-3H3/t20-/m1/s1. The molecule has 1 amide bonds. The molecular formula is C21H21F3N2O3. The Bertz CT molecular complexity index is 934. The molecule has 0 saturated heterocycles. The predicted molar refractivity (Wildman–Crippen MR) is 102 cm³/mol. The lowest BCUT2D eigenvalue weighted by Crippen LogP contribution is -2.57. The van der Waals surface area contributed by atoms with E-state index in [2.05, 4.69) is 5.10 Å². The predicted octanol–water partition coefficient (Wildman–Crippen LogP) is 3.88. The maximum absolute atomic E-state index is 13.6. The second kappa shape index (κ2) is 7.51. The molecule has 1 aliphatic heterocycles. The van der Waals surface area contributed by atoms with Crippen LogP contribution in [-0.2, 0) is 4.79 Å². The Kier molecular flexibility index (Phi) is 5.40. The Morgan fingerprint density at radius 2 is 1.69 bits per heavy atom. The molecule has 1 heterocycles. The maximum Gasteiger partial charge on any atom is 0.438 e. The van der Waals surface area contributed by atoms with Gasteiger partial charge >= 0.3 is 6.18 Å². The van der Waals surface area contributed by atoms with Crippen LogP contribution < -0.4 is 4.74 Å². The van der Waals surface area contributed by atoms with Crippen molar-refractivity contribution in [3.63, 3.8) is 0 Å². The summed E-state index contributed by atoms with van der Waals surface area (Å²) in [4.78, 5) is 12.5. The second-order valence-corrected chi connectivity index (χ2v) is 7.22. The van der Waals surface area contributed by atoms with Crippen LogP contribution in [0.15, 0.2) is 47.6 Å². The van der Waals surface area contributed by atoms with Crippen LogP contribution in [0.4, 0.5) is 13.2 Å². The Labute approximate surface area is 166 Å². The highest BCUT2D eigenvalue weighted by Crippen LogP contribution is 2.41. The molecule has 1 atom stereocenters. The lowest BCUT2D eigenvalue weighted by atomic mass is 10.00. The SMILES string of the molecule is Cc1ccc(C2=NN(C(=O)COc3cc(C)cc(C)c3)[C@](O)(C(F)(F)F)C2)cc1. The zero-order chi connectivity index (χ0) is 21.4. The molecule has 5 nitrogen and oxygen atoms in total. The van der Waals surface area contributed by atoms with E-state index in [0.717, 1.165) is 16.7 Å². The number of hydrogen-bond donors (Lipinski definition) is 1. The highest BCUT2D eigenvalue weighted by atomic mass is 19.4. The van der Waals surface area contributed by atoms with Crippen LogP contribution in [0.1, 0.15) is 28.7 Å². The van der Waals surface area contributed by atoms with Crippen LogP contribution in [0.5, 0.6) is 5.75 Å². The summed E-state index contributed by atoms with van der Waals surface area (Å²) in [5.41, 5.74) is -0.335. The van der Waals surface area contributed by atoms with E-state index in [1.165, 1.54) is 0 Å². The average Bonchev–Trinajstić information content (AvgIpc) is 2.98. The summed E-state index contributed by atoms with van der Waals surface area (Å²) < 4.78 is 46.2. The Morgan fingerprint density at radius 3 is 2.24 bits per heavy atom. The molecule has 0 saturated carbocycles. The number of hydrogen-bond acceptors (Lipinski definition) is 4. The number of carbonyl (C=O) groups is 1. The van der Waals surface area contributed by atoms with E-state index >= 15 is 0 Å². The molecule has 2 aromatic carbocycles. The molecule has 0 aromatic heterocycles. The number of aryl methyl sites for hydroxylation is 3. The van der Waals surface area contributed by atoms with E-state index in [1.54, 1.807) is 36.4 Å². The lowest BCUT2D eigenvalue weighted by Gasteiger charge is -2.32. The van der Waals surface area contributed by atoms with Gasteiger partial charge in [-0.3, -0.25) is 4.79 Å². The summed E-state index contributed by atoms with van der Waals surface area (Å²) in [6.45, 7) is 4.82. The third-order valence-corrected chi connectivity index (χ3v) is 4.62. The minimum absolute atomic E-state index is 0.0235. The summed E-state index contributed by atoms with van der Waals surface area (Å²) in [6, 6.07) is 11.9. The number of amides is 1. The summed E-state index contributed by atoms with van der Waals surface area (Å²) in [7, 11) is 0. The number of alkyl halides is 3. The Balaban J connectivity index is 1.85. The van der Waals surface area contributed by atoms with Gasteiger partial charge < -0.3 is 9.84 Å². The van der Waals surface area contributed by atoms with Crippen LogP contribution in [0.2, 0.25) is 0 Å². The summed E-state index contributed by atoms with van der Waals surface area (Å²) in [5, 5.41) is 14.2. The molecule has 1 aliphatic rings. The van der Waals surface area contributed by atoms with Gasteiger partial charge in [0.05, 0.1) is 12.1 Å². The maximum atomic E-state index is 13.6. The van der Waals surface area contributed by atoms with E-state index in [0.29, 0.717) is 11.3 Å². The number of halogens is 3. The zero-order valence-electron chi connectivity index (χ0n) is 16.2. The van der Waals surface area contributed by atoms with Gasteiger partial charge in [0.15, 0.2) is 6.61 Å². The van der Waals surface area contributed by atoms with Gasteiger partial charge in [0, 0.05) is 0 Å². The molecule has 154 valence electrons. The van der Waals surface area contributed by atoms with Crippen molar-refractivity contribution in [2.45, 2.75) is 39.1 Å². The van der Waals surface area contributed by atoms with Gasteiger partial charge in [0.1, 0.15) is 5.75 Å². The summed E-state index contributed by atoms with van der Waals surface area (Å²) >= 11 is 0. The van der Waals surface area contributed by atoms with E-state index < -0.39 is 30.8 Å². The molecule has 0 spiro atoms. The van der Waals surface area contributed by atoms with Crippen LogP contribution in [0.3, 0.4) is 0 Å². The molecule has 2 aromatic rings. The second-order valence-electron chi connectivity index (χ2n) is 7.22. The zero-order valence-corrected chi connectivity index (χ0v) is 16.2. The van der Waals surface area contributed by atoms with Gasteiger partial charge in [-0.1, -0.05) is 35.9 Å². The quantitative estimate of drug-likeness (QED) is 0.838. The molecule has 0 unspecified atom stereocenters. The normalized spacial score (nSPS) is 19.3. The molecule has 0 bridgehead atoms. The van der Waals surface area contributed by atoms with Crippen molar-refractivity contribution in [1.82, 2.24) is 5.01 Å². The summed E-state index contributed by atoms with van der Waals surface area (Å²) in [5.74, 6) is -0.737. The first-order valence-electron chi connectivity index (χ1n) is 8.97. The van der Waals surface area contributed by atoms with Gasteiger partial charge in [-0.25, -0.2) is 0 Å². The average molecular weight is 406 g/mol. The molecule has 3 rings (SSSR count). The van der Waals surface area contributed by atoms with E-state index in [-0.39, 0.29) is 10.7 Å². The molecule has 1 N–H and O–H groups in total. The smallest absolute Gasteiger partial charge is 0.438 e. The van der Waals surface area contributed by atoms with E-state index in [9.17, 15) is 23.1 Å². The molecule has 0 aliphatic carbocycles. The third-order valence-electron chi connectivity index (χ3n) is 4.62. The van der Waals surface area contributed by atoms with Crippen LogP contribution in [-0.4, -0.2) is 40.2 Å². The van der Waals surface area contributed by atoms with Gasteiger partial charge in [-0.2, -0.15) is 23.3 Å². The van der Waals surface area contributed by atoms with Crippen molar-refractivity contribution < 1.29 is 27.8 Å². The largest absolute Gasteiger partial charge is 0.484 e. The fourth-order valence-electron chi connectivity index (χ4n) is 3.16. The monoisotopic (exact) mass is 406 g/mol. The minimum atomic E-state index is -5.08. The first-order chi connectivity index (χ1) is 13.5. The molecule has 8 heteroatoms. The first-order valence-corrected chi connectivity index (χ1v) is 8.97. The molecule has 0 radical (unpaired) electrons. The fraction of sp³-hybridized carbons (Fsp3) is 0.333. The van der Waals surface area contributed by atoms with Gasteiger partial charge in [-0.05, 0) is 49.6 Å². The van der Waals surface area contributed by atoms with Crippen LogP contribution in [0.25, 0.3) is 0 Å². The summed E-state index contributed by atoms with van der Waals surface area (Å²) in [6.07, 6.45) is -5.94. The fourth-order valence-corrected chi connectivity index (χ4v) is 3.16. The van der Waals surface area contributed by atoms with E-state index in [4.69, 9.17) is 4.74 Å².